The van der Waals surface area contributed by atoms with E-state index in [1.807, 2.05) is 16.9 Å². The molecule has 34 heavy (non-hydrogen) atoms. The molecule has 0 bridgehead atoms. The number of hydrogen-bond acceptors (Lipinski definition) is 6. The highest BCUT2D eigenvalue weighted by molar-refractivity contribution is 7.98. The van der Waals surface area contributed by atoms with Gasteiger partial charge in [-0.15, -0.1) is 11.8 Å². The topological polar surface area (TPSA) is 81.0 Å². The van der Waals surface area contributed by atoms with Crippen molar-refractivity contribution in [3.05, 3.63) is 52.3 Å². The fourth-order valence-corrected chi connectivity index (χ4v) is 7.23. The number of rotatable bonds is 7. The van der Waals surface area contributed by atoms with Gasteiger partial charge in [0.2, 0.25) is 10.0 Å². The number of carbonyl (C=O) groups excluding carboxylic acids is 1. The molecule has 0 radical (unpaired) electrons. The van der Waals surface area contributed by atoms with Gasteiger partial charge in [0.15, 0.2) is 4.80 Å². The Kier molecular flexibility index (Phi) is 8.16. The van der Waals surface area contributed by atoms with Gasteiger partial charge in [0.05, 0.1) is 27.6 Å². The summed E-state index contributed by atoms with van der Waals surface area (Å²) in [5.41, 5.74) is 1.00. The summed E-state index contributed by atoms with van der Waals surface area (Å²) in [4.78, 5) is 19.6. The second kappa shape index (κ2) is 10.9. The molecule has 1 unspecified atom stereocenters. The van der Waals surface area contributed by atoms with E-state index in [0.29, 0.717) is 42.4 Å². The number of methoxy groups -OCH3 is 1. The van der Waals surface area contributed by atoms with E-state index in [2.05, 4.69) is 17.1 Å². The maximum atomic E-state index is 13.2. The number of carbonyl (C=O) groups is 1. The van der Waals surface area contributed by atoms with E-state index in [1.165, 1.54) is 27.8 Å². The molecule has 0 saturated carbocycles. The van der Waals surface area contributed by atoms with Gasteiger partial charge in [-0.05, 0) is 61.6 Å². The molecule has 3 aromatic rings. The fourth-order valence-electron chi connectivity index (χ4n) is 3.97. The first-order chi connectivity index (χ1) is 16.3. The summed E-state index contributed by atoms with van der Waals surface area (Å²) in [6.07, 6.45) is 3.23. The van der Waals surface area contributed by atoms with Crippen molar-refractivity contribution in [1.29, 1.82) is 0 Å². The van der Waals surface area contributed by atoms with Crippen LogP contribution in [0.1, 0.15) is 12.8 Å². The van der Waals surface area contributed by atoms with E-state index in [9.17, 15) is 13.2 Å². The van der Waals surface area contributed by atoms with Gasteiger partial charge in [-0.1, -0.05) is 22.9 Å². The molecule has 1 saturated heterocycles. The highest BCUT2D eigenvalue weighted by Crippen LogP contribution is 2.27. The van der Waals surface area contributed by atoms with E-state index in [0.717, 1.165) is 15.1 Å². The number of nitrogens with zero attached hydrogens (tertiary/aromatic N) is 3. The molecule has 2 aromatic carbocycles. The van der Waals surface area contributed by atoms with Crippen LogP contribution in [-0.2, 0) is 26.1 Å². The van der Waals surface area contributed by atoms with Gasteiger partial charge in [0, 0.05) is 36.7 Å². The molecular formula is C23H26ClN3O4S3. The van der Waals surface area contributed by atoms with Gasteiger partial charge in [0.1, 0.15) is 0 Å². The molecule has 1 aliphatic rings. The third kappa shape index (κ3) is 5.42. The number of thioether (sulfide) groups is 1. The van der Waals surface area contributed by atoms with Crippen molar-refractivity contribution < 1.29 is 17.9 Å². The maximum absolute atomic E-state index is 13.2. The van der Waals surface area contributed by atoms with Crippen LogP contribution in [0.5, 0.6) is 0 Å². The zero-order valence-corrected chi connectivity index (χ0v) is 22.1. The fraction of sp³-hybridized carbons (Fsp3) is 0.391. The third-order valence-electron chi connectivity index (χ3n) is 5.80. The number of fused-ring (bicyclic) bond motifs is 1. The Morgan fingerprint density at radius 2 is 2.03 bits per heavy atom. The van der Waals surface area contributed by atoms with Crippen molar-refractivity contribution in [2.24, 2.45) is 10.9 Å². The standard InChI is InChI=1S/C23H26ClN3O4S3/c1-31-13-12-27-20-10-7-18(32-2)14-21(20)33-23(27)25-22(28)16-4-3-11-26(15-16)34(29,30)19-8-5-17(24)6-9-19/h5-10,14,16H,3-4,11-13,15H2,1-2H3. The van der Waals surface area contributed by atoms with Gasteiger partial charge < -0.3 is 9.30 Å². The van der Waals surface area contributed by atoms with Crippen molar-refractivity contribution >= 4 is 60.8 Å². The Morgan fingerprint density at radius 3 is 2.74 bits per heavy atom. The lowest BCUT2D eigenvalue weighted by Gasteiger charge is -2.30. The van der Waals surface area contributed by atoms with E-state index in [-0.39, 0.29) is 17.3 Å². The molecular weight excluding hydrogens is 514 g/mol. The Hall–Kier alpha value is -1.69. The van der Waals surface area contributed by atoms with E-state index < -0.39 is 15.9 Å². The predicted octanol–water partition coefficient (Wildman–Crippen LogP) is 4.25. The maximum Gasteiger partial charge on any atom is 0.252 e. The minimum atomic E-state index is -3.71. The Bertz CT molecular complexity index is 1350. The van der Waals surface area contributed by atoms with Crippen LogP contribution in [0, 0.1) is 5.92 Å². The lowest BCUT2D eigenvalue weighted by molar-refractivity contribution is -0.122. The molecule has 1 aliphatic heterocycles. The zero-order chi connectivity index (χ0) is 24.3. The summed E-state index contributed by atoms with van der Waals surface area (Å²) in [5.74, 6) is -0.780. The Labute approximate surface area is 212 Å². The predicted molar refractivity (Wildman–Crippen MR) is 137 cm³/mol. The van der Waals surface area contributed by atoms with Crippen LogP contribution in [0.4, 0.5) is 0 Å². The van der Waals surface area contributed by atoms with Gasteiger partial charge in [-0.25, -0.2) is 8.42 Å². The number of benzene rings is 2. The van der Waals surface area contributed by atoms with Crippen LogP contribution in [0.2, 0.25) is 5.02 Å². The first-order valence-corrected chi connectivity index (χ1v) is 14.7. The number of amides is 1. The highest BCUT2D eigenvalue weighted by Gasteiger charge is 2.33. The third-order valence-corrected chi connectivity index (χ3v) is 9.70. The van der Waals surface area contributed by atoms with Crippen LogP contribution in [0.25, 0.3) is 10.2 Å². The van der Waals surface area contributed by atoms with Gasteiger partial charge in [-0.3, -0.25) is 4.79 Å². The number of aromatic nitrogens is 1. The average Bonchev–Trinajstić information content (AvgIpc) is 3.18. The van der Waals surface area contributed by atoms with Gasteiger partial charge in [-0.2, -0.15) is 9.30 Å². The zero-order valence-electron chi connectivity index (χ0n) is 18.9. The van der Waals surface area contributed by atoms with E-state index in [1.54, 1.807) is 31.0 Å². The smallest absolute Gasteiger partial charge is 0.252 e. The lowest BCUT2D eigenvalue weighted by atomic mass is 9.99. The van der Waals surface area contributed by atoms with Crippen molar-refractivity contribution in [2.45, 2.75) is 29.2 Å². The molecule has 7 nitrogen and oxygen atoms in total. The molecule has 1 atom stereocenters. The summed E-state index contributed by atoms with van der Waals surface area (Å²) in [6.45, 7) is 1.56. The number of thiazole rings is 1. The van der Waals surface area contributed by atoms with Gasteiger partial charge in [0.25, 0.3) is 5.91 Å². The number of halogens is 1. The van der Waals surface area contributed by atoms with Crippen LogP contribution < -0.4 is 4.80 Å². The van der Waals surface area contributed by atoms with Crippen LogP contribution in [0.15, 0.2) is 57.2 Å². The number of sulfonamides is 1. The molecule has 1 amide bonds. The monoisotopic (exact) mass is 539 g/mol. The van der Waals surface area contributed by atoms with Crippen LogP contribution in [-0.4, -0.2) is 56.3 Å². The molecule has 1 aromatic heterocycles. The molecule has 0 N–H and O–H groups in total. The molecule has 2 heterocycles. The van der Waals surface area contributed by atoms with Crippen LogP contribution >= 0.6 is 34.7 Å². The van der Waals surface area contributed by atoms with E-state index in [4.69, 9.17) is 16.3 Å². The summed E-state index contributed by atoms with van der Waals surface area (Å²) >= 11 is 9.03. The first kappa shape index (κ1) is 25.4. The number of hydrogen-bond donors (Lipinski definition) is 0. The first-order valence-electron chi connectivity index (χ1n) is 10.8. The Morgan fingerprint density at radius 1 is 1.26 bits per heavy atom. The SMILES string of the molecule is COCCn1c(=NC(=O)C2CCCN(S(=O)(=O)c3ccc(Cl)cc3)C2)sc2cc(SC)ccc21. The molecule has 0 aliphatic carbocycles. The van der Waals surface area contributed by atoms with Crippen molar-refractivity contribution in [3.63, 3.8) is 0 Å². The minimum Gasteiger partial charge on any atom is -0.383 e. The highest BCUT2D eigenvalue weighted by atomic mass is 35.5. The summed E-state index contributed by atoms with van der Waals surface area (Å²) in [6, 6.07) is 12.3. The van der Waals surface area contributed by atoms with Crippen molar-refractivity contribution in [1.82, 2.24) is 8.87 Å². The second-order valence-electron chi connectivity index (χ2n) is 7.97. The second-order valence-corrected chi connectivity index (χ2v) is 12.2. The largest absolute Gasteiger partial charge is 0.383 e. The summed E-state index contributed by atoms with van der Waals surface area (Å²) in [7, 11) is -2.07. The molecule has 1 fully saturated rings. The lowest BCUT2D eigenvalue weighted by Crippen LogP contribution is -2.42. The van der Waals surface area contributed by atoms with Crippen molar-refractivity contribution in [3.8, 4) is 0 Å². The van der Waals surface area contributed by atoms with Crippen LogP contribution in [0.3, 0.4) is 0 Å². The number of ether oxygens (including phenoxy) is 1. The van der Waals surface area contributed by atoms with Gasteiger partial charge >= 0.3 is 0 Å². The quantitative estimate of drug-likeness (QED) is 0.419. The average molecular weight is 540 g/mol. The minimum absolute atomic E-state index is 0.118. The molecule has 0 spiro atoms. The number of piperidine rings is 1. The summed E-state index contributed by atoms with van der Waals surface area (Å²) in [5, 5.41) is 0.471. The summed E-state index contributed by atoms with van der Waals surface area (Å²) < 4.78 is 35.9. The molecule has 11 heteroatoms. The van der Waals surface area contributed by atoms with E-state index >= 15 is 0 Å². The molecule has 182 valence electrons. The normalized spacial score (nSPS) is 18.0. The Balaban J connectivity index is 1.62. The molecule has 4 rings (SSSR count). The van der Waals surface area contributed by atoms with Crippen molar-refractivity contribution in [2.75, 3.05) is 33.1 Å².